The Labute approximate surface area is 609 Å². The molecule has 0 aliphatic carbocycles. The van der Waals surface area contributed by atoms with E-state index in [0.717, 1.165) is 74.7 Å². The maximum Gasteiger partial charge on any atom is 0.350 e. The van der Waals surface area contributed by atoms with Crippen LogP contribution in [0.1, 0.15) is 64.0 Å². The molecule has 12 rings (SSSR count). The van der Waals surface area contributed by atoms with Gasteiger partial charge in [-0.2, -0.15) is 10.2 Å². The number of ether oxygens (including phenoxy) is 3. The van der Waals surface area contributed by atoms with Gasteiger partial charge < -0.3 is 50.7 Å². The number of sulfone groups is 1. The van der Waals surface area contributed by atoms with Gasteiger partial charge in [0.05, 0.1) is 39.0 Å². The quantitative estimate of drug-likeness (QED) is 0.0198. The summed E-state index contributed by atoms with van der Waals surface area (Å²) in [5, 5.41) is 31.9. The number of fused-ring (bicyclic) bond motifs is 1. The fraction of sp³-hybridized carbons (Fsp3) is 0.320. The highest BCUT2D eigenvalue weighted by Gasteiger charge is 2.46. The highest BCUT2D eigenvalue weighted by atomic mass is 35.5. The Morgan fingerprint density at radius 2 is 1.47 bits per heavy atom. The van der Waals surface area contributed by atoms with Gasteiger partial charge in [-0.1, -0.05) is 96.6 Å². The van der Waals surface area contributed by atoms with Crippen LogP contribution in [0.5, 0.6) is 5.75 Å². The SMILES string of the molecule is CCC(C)n1ncn(-c2ccc(N3CCN(c4ccc(OC[C@H]5CO[C@](Cn6cncn6)(c6ccc(Cl)cc6Cl)O5)cc4)CC3)cc2)c1=O.CN(C/C=C/C#CC(C)(C)C)Cc1cccc2ccccc12.Cc1ncc([N+](=O)[O-])n1CC(O)CCl.Nc1ccc(S(=O)(=O)c2ccc(N)cc2)cc1. The van der Waals surface area contributed by atoms with Crippen molar-refractivity contribution in [3.05, 3.63) is 243 Å². The van der Waals surface area contributed by atoms with Crippen LogP contribution in [-0.4, -0.2) is 133 Å². The number of hydrogen-bond acceptors (Lipinski definition) is 18. The summed E-state index contributed by atoms with van der Waals surface area (Å²) in [6, 6.07) is 48.8. The van der Waals surface area contributed by atoms with E-state index in [9.17, 15) is 28.4 Å². The summed E-state index contributed by atoms with van der Waals surface area (Å²) in [5.41, 5.74) is 17.2. The molecule has 536 valence electrons. The van der Waals surface area contributed by atoms with E-state index < -0.39 is 26.7 Å². The largest absolute Gasteiger partial charge is 0.491 e. The van der Waals surface area contributed by atoms with Gasteiger partial charge >= 0.3 is 11.5 Å². The third-order valence-corrected chi connectivity index (χ3v) is 19.4. The number of imidazole rings is 1. The second kappa shape index (κ2) is 35.4. The highest BCUT2D eigenvalue weighted by Crippen LogP contribution is 2.41. The van der Waals surface area contributed by atoms with Crippen LogP contribution in [0.15, 0.2) is 210 Å². The summed E-state index contributed by atoms with van der Waals surface area (Å²) in [7, 11) is -1.34. The van der Waals surface area contributed by atoms with Crippen molar-refractivity contribution in [1.82, 2.24) is 43.6 Å². The van der Waals surface area contributed by atoms with Crippen molar-refractivity contribution in [3.8, 4) is 23.3 Å². The van der Waals surface area contributed by atoms with Gasteiger partial charge in [0.1, 0.15) is 62.8 Å². The molecule has 5 heterocycles. The summed E-state index contributed by atoms with van der Waals surface area (Å²) in [4.78, 5) is 38.1. The number of halogens is 3. The van der Waals surface area contributed by atoms with E-state index in [1.54, 1.807) is 65.2 Å². The molecule has 0 radical (unpaired) electrons. The lowest BCUT2D eigenvalue weighted by molar-refractivity contribution is -0.392. The van der Waals surface area contributed by atoms with Gasteiger partial charge in [-0.05, 0) is 178 Å². The average molecular weight is 1470 g/mol. The molecular formula is C75H85Cl3N14O9S. The minimum atomic E-state index is -3.48. The van der Waals surface area contributed by atoms with Crippen molar-refractivity contribution in [2.24, 2.45) is 5.41 Å². The first-order valence-corrected chi connectivity index (χ1v) is 35.9. The van der Waals surface area contributed by atoms with E-state index in [-0.39, 0.29) is 57.8 Å². The normalized spacial score (nSPS) is 15.9. The molecule has 27 heteroatoms. The molecule has 2 aliphatic rings. The number of anilines is 4. The van der Waals surface area contributed by atoms with Crippen LogP contribution < -0.4 is 31.7 Å². The van der Waals surface area contributed by atoms with Crippen LogP contribution in [-0.2, 0) is 44.7 Å². The van der Waals surface area contributed by atoms with Crippen LogP contribution in [0, 0.1) is 34.3 Å². The van der Waals surface area contributed by atoms with Gasteiger partial charge in [-0.15, -0.1) is 11.6 Å². The van der Waals surface area contributed by atoms with E-state index in [2.05, 4.69) is 147 Å². The molecule has 0 spiro atoms. The molecule has 0 bridgehead atoms. The van der Waals surface area contributed by atoms with Crippen molar-refractivity contribution in [2.75, 3.05) is 80.1 Å². The van der Waals surface area contributed by atoms with E-state index in [1.807, 2.05) is 50.3 Å². The number of aliphatic hydroxyl groups is 1. The summed E-state index contributed by atoms with van der Waals surface area (Å²) >= 11 is 18.1. The number of benzene rings is 7. The maximum atomic E-state index is 12.8. The standard InChI is InChI=1S/C35H38Cl2N8O4.C21H25N.C12H12N2O2S.C7H10ClN3O3/c1-3-25(2)45-34(46)44(24-40-45)29-7-5-27(6-8-29)41-14-16-42(17-15-41)28-9-11-30(12-10-28)47-19-31-20-48-35(49-31,21-43-23-38-22-39-43)32-13-4-26(36)18-33(32)37;1-21(2,3)15-8-5-9-16-22(4)17-19-13-10-12-18-11-6-7-14-20(18)19;13-9-1-5-11(6-2-9)17(15,16)12-7-3-10(14)4-8-12;1-5-9-3-7(11(13)14)10(5)4-6(12)2-8/h4-13,18,22-25,31H,3,14-17,19-21H2,1-2H3;5-7,9-14H,16-17H2,1-4H3;1-8H,13-14H2;3,6,12H,2,4H2,1H3/b;9-5+;;/t25?,31-,35-;;;/m0.../s1. The Kier molecular flexibility index (Phi) is 26.6. The van der Waals surface area contributed by atoms with Crippen molar-refractivity contribution >= 4 is 84.0 Å². The summed E-state index contributed by atoms with van der Waals surface area (Å²) in [6.45, 7) is 18.4. The minimum absolute atomic E-state index is 0.0365. The third kappa shape index (κ3) is 20.6. The third-order valence-electron chi connectivity index (χ3n) is 16.7. The fourth-order valence-corrected chi connectivity index (χ4v) is 13.0. The van der Waals surface area contributed by atoms with Gasteiger partial charge in [0.25, 0.3) is 0 Å². The molecule has 7 aromatic carbocycles. The molecule has 102 heavy (non-hydrogen) atoms. The fourth-order valence-electron chi connectivity index (χ4n) is 11.1. The molecule has 0 amide bonds. The number of nitrogen functional groups attached to an aromatic ring is 2. The molecule has 2 fully saturated rings. The number of nitro groups is 1. The summed E-state index contributed by atoms with van der Waals surface area (Å²) < 4.78 is 49.3. The van der Waals surface area contributed by atoms with Crippen LogP contribution in [0.4, 0.5) is 28.6 Å². The zero-order valence-corrected chi connectivity index (χ0v) is 61.1. The molecule has 2 unspecified atom stereocenters. The minimum Gasteiger partial charge on any atom is -0.491 e. The number of nitrogens with two attached hydrogens (primary N) is 2. The molecule has 23 nitrogen and oxygen atoms in total. The second-order valence-corrected chi connectivity index (χ2v) is 28.6. The molecule has 3 aromatic heterocycles. The van der Waals surface area contributed by atoms with E-state index in [1.165, 1.54) is 56.2 Å². The first kappa shape index (κ1) is 76.6. The molecular weight excluding hydrogens is 1380 g/mol. The van der Waals surface area contributed by atoms with Crippen molar-refractivity contribution in [3.63, 3.8) is 0 Å². The number of nitrogens with zero attached hydrogens (tertiary/aromatic N) is 12. The van der Waals surface area contributed by atoms with Gasteiger partial charge in [0.15, 0.2) is 5.82 Å². The summed E-state index contributed by atoms with van der Waals surface area (Å²) in [6.07, 6.45) is 9.64. The number of piperazine rings is 1. The molecule has 5 N–H and O–H groups in total. The Bertz CT molecular complexity index is 4590. The maximum absolute atomic E-state index is 12.8. The van der Waals surface area contributed by atoms with Crippen LogP contribution >= 0.6 is 34.8 Å². The van der Waals surface area contributed by atoms with Crippen LogP contribution in [0.25, 0.3) is 16.5 Å². The summed E-state index contributed by atoms with van der Waals surface area (Å²) in [5.74, 6) is 6.31. The number of aryl methyl sites for hydroxylation is 1. The number of alkyl halides is 1. The van der Waals surface area contributed by atoms with Crippen LogP contribution in [0.3, 0.4) is 0 Å². The Morgan fingerprint density at radius 3 is 2.06 bits per heavy atom. The Morgan fingerprint density at radius 1 is 0.853 bits per heavy atom. The van der Waals surface area contributed by atoms with Crippen LogP contribution in [0.2, 0.25) is 10.0 Å². The molecule has 2 aliphatic heterocycles. The Hall–Kier alpha value is -9.55. The first-order chi connectivity index (χ1) is 48.8. The zero-order chi connectivity index (χ0) is 73.1. The van der Waals surface area contributed by atoms with Crippen molar-refractivity contribution < 1.29 is 32.7 Å². The highest BCUT2D eigenvalue weighted by molar-refractivity contribution is 7.91. The second-order valence-electron chi connectivity index (χ2n) is 25.5. The van der Waals surface area contributed by atoms with E-state index in [4.69, 9.17) is 60.5 Å². The predicted molar refractivity (Wildman–Crippen MR) is 402 cm³/mol. The topological polar surface area (TPSA) is 275 Å². The number of hydrogen-bond donors (Lipinski definition) is 3. The molecule has 0 saturated carbocycles. The van der Waals surface area contributed by atoms with Crippen molar-refractivity contribution in [1.29, 1.82) is 0 Å². The van der Waals surface area contributed by atoms with Gasteiger partial charge in [-0.3, -0.25) is 4.90 Å². The average Bonchev–Trinajstić information content (AvgIpc) is 1.58. The molecule has 2 saturated heterocycles. The van der Waals surface area contributed by atoms with E-state index >= 15 is 0 Å². The zero-order valence-electron chi connectivity index (χ0n) is 58.0. The number of aliphatic hydroxyl groups excluding tert-OH is 1. The number of likely N-dealkylation sites (N-methyl/N-ethyl adjacent to an activating group) is 1. The smallest absolute Gasteiger partial charge is 0.350 e. The lowest BCUT2D eigenvalue weighted by Crippen LogP contribution is -2.46. The monoisotopic (exact) mass is 1460 g/mol. The molecule has 4 atom stereocenters. The van der Waals surface area contributed by atoms with E-state index in [0.29, 0.717) is 46.0 Å². The number of aromatic nitrogens is 8. The Balaban J connectivity index is 0.000000187. The van der Waals surface area contributed by atoms with Gasteiger partial charge in [-0.25, -0.2) is 41.7 Å². The lowest BCUT2D eigenvalue weighted by atomic mass is 9.98. The first-order valence-electron chi connectivity index (χ1n) is 33.1. The molecule has 10 aromatic rings. The number of allylic oxidation sites excluding steroid dienone is 1. The van der Waals surface area contributed by atoms with Crippen molar-refractivity contribution in [2.45, 2.75) is 101 Å². The van der Waals surface area contributed by atoms with Gasteiger partial charge in [0, 0.05) is 84.9 Å². The predicted octanol–water partition coefficient (Wildman–Crippen LogP) is 12.8. The van der Waals surface area contributed by atoms with Gasteiger partial charge in [0.2, 0.25) is 15.6 Å². The lowest BCUT2D eigenvalue weighted by Gasteiger charge is -2.37. The number of rotatable bonds is 21.